The van der Waals surface area contributed by atoms with Crippen molar-refractivity contribution in [3.05, 3.63) is 10.1 Å². The average Bonchev–Trinajstić information content (AvgIpc) is 2.04. The van der Waals surface area contributed by atoms with Crippen LogP contribution in [0, 0.1) is 10.1 Å². The number of nitrogens with one attached hydrogen (secondary N) is 1. The van der Waals surface area contributed by atoms with Crippen LogP contribution < -0.4 is 5.32 Å². The molecule has 0 amide bonds. The molecule has 0 bridgehead atoms. The van der Waals surface area contributed by atoms with Crippen molar-refractivity contribution in [1.82, 2.24) is 5.32 Å². The third-order valence-corrected chi connectivity index (χ3v) is 1.66. The fourth-order valence-electron chi connectivity index (χ4n) is 0.988. The number of nitro groups is 1. The molecule has 0 spiro atoms. The number of rotatable bonds is 2. The maximum absolute atomic E-state index is 10.8. The highest BCUT2D eigenvalue weighted by molar-refractivity contribution is 5.80. The molecule has 1 saturated heterocycles. The van der Waals surface area contributed by atoms with Crippen LogP contribution in [0.2, 0.25) is 0 Å². The van der Waals surface area contributed by atoms with E-state index in [2.05, 4.69) is 5.32 Å². The van der Waals surface area contributed by atoms with Gasteiger partial charge in [0.25, 0.3) is 0 Å². The van der Waals surface area contributed by atoms with Crippen LogP contribution in [-0.4, -0.2) is 36.1 Å². The van der Waals surface area contributed by atoms with Gasteiger partial charge in [-0.25, -0.2) is 0 Å². The van der Waals surface area contributed by atoms with Crippen molar-refractivity contribution in [2.45, 2.75) is 19.3 Å². The van der Waals surface area contributed by atoms with E-state index in [1.165, 1.54) is 6.92 Å². The summed E-state index contributed by atoms with van der Waals surface area (Å²) in [5.74, 6) is -0.186. The van der Waals surface area contributed by atoms with Gasteiger partial charge in [-0.3, -0.25) is 14.9 Å². The number of ether oxygens (including phenoxy) is 1. The second kappa shape index (κ2) is 3.59. The van der Waals surface area contributed by atoms with Crippen molar-refractivity contribution in [3.63, 3.8) is 0 Å². The molecule has 1 aliphatic rings. The van der Waals surface area contributed by atoms with Crippen molar-refractivity contribution in [1.29, 1.82) is 0 Å². The van der Waals surface area contributed by atoms with Crippen LogP contribution >= 0.6 is 0 Å². The zero-order valence-corrected chi connectivity index (χ0v) is 6.65. The topological polar surface area (TPSA) is 81.5 Å². The number of hydrogen-bond acceptors (Lipinski definition) is 5. The van der Waals surface area contributed by atoms with Crippen LogP contribution in [0.1, 0.15) is 6.92 Å². The molecule has 1 rings (SSSR count). The minimum absolute atomic E-state index is 0.163. The molecule has 1 aliphatic heterocycles. The van der Waals surface area contributed by atoms with E-state index in [4.69, 9.17) is 4.74 Å². The predicted molar refractivity (Wildman–Crippen MR) is 39.2 cm³/mol. The number of hydrogen-bond donors (Lipinski definition) is 1. The summed E-state index contributed by atoms with van der Waals surface area (Å²) in [4.78, 5) is 20.5. The van der Waals surface area contributed by atoms with Gasteiger partial charge in [0.05, 0.1) is 11.5 Å². The molecule has 6 nitrogen and oxygen atoms in total. The lowest BCUT2D eigenvalue weighted by Gasteiger charge is -2.23. The number of carbonyl (C=O) groups is 1. The first-order valence-electron chi connectivity index (χ1n) is 3.61. The quantitative estimate of drug-likeness (QED) is 0.436. The molecule has 1 fully saturated rings. The lowest BCUT2D eigenvalue weighted by Crippen LogP contribution is -2.50. The van der Waals surface area contributed by atoms with Crippen LogP contribution in [0.25, 0.3) is 0 Å². The number of Topliss-reactive ketones (excluding diaryl/α,β-unsaturated/α-hetero) is 1. The smallest absolute Gasteiger partial charge is 0.305 e. The Balaban J connectivity index is 2.51. The molecule has 68 valence electrons. The summed E-state index contributed by atoms with van der Waals surface area (Å²) in [5, 5.41) is 13.0. The Bertz CT molecular complexity index is 186. The number of nitrogens with zero attached hydrogens (tertiary/aromatic N) is 1. The highest BCUT2D eigenvalue weighted by atomic mass is 16.7. The van der Waals surface area contributed by atoms with Crippen molar-refractivity contribution >= 4 is 5.78 Å². The summed E-state index contributed by atoms with van der Waals surface area (Å²) in [6.07, 6.45) is -1.76. The molecule has 2 unspecified atom stereocenters. The zero-order valence-electron chi connectivity index (χ0n) is 6.65. The Hall–Kier alpha value is -1.01. The molecule has 0 aromatic heterocycles. The van der Waals surface area contributed by atoms with Crippen LogP contribution in [-0.2, 0) is 9.53 Å². The van der Waals surface area contributed by atoms with Gasteiger partial charge in [0, 0.05) is 6.54 Å². The van der Waals surface area contributed by atoms with Crippen LogP contribution in [0.4, 0.5) is 0 Å². The standard InChI is InChI=1S/C6H10N2O4/c1-4(9)5-2-7-3-6(12-5)8(10)11/h5-7H,2-3H2,1H3. The minimum Gasteiger partial charge on any atom is -0.305 e. The molecule has 2 atom stereocenters. The van der Waals surface area contributed by atoms with Gasteiger partial charge in [-0.05, 0) is 6.92 Å². The second-order valence-corrected chi connectivity index (χ2v) is 2.63. The summed E-state index contributed by atoms with van der Waals surface area (Å²) in [5.41, 5.74) is 0. The Morgan fingerprint density at radius 3 is 2.83 bits per heavy atom. The van der Waals surface area contributed by atoms with E-state index >= 15 is 0 Å². The van der Waals surface area contributed by atoms with Crippen molar-refractivity contribution in [2.24, 2.45) is 0 Å². The fourth-order valence-corrected chi connectivity index (χ4v) is 0.988. The lowest BCUT2D eigenvalue weighted by atomic mass is 10.2. The molecule has 0 aliphatic carbocycles. The second-order valence-electron chi connectivity index (χ2n) is 2.63. The monoisotopic (exact) mass is 174 g/mol. The number of morpholine rings is 1. The normalized spacial score (nSPS) is 29.8. The van der Waals surface area contributed by atoms with Crippen LogP contribution in [0.5, 0.6) is 0 Å². The maximum atomic E-state index is 10.8. The zero-order chi connectivity index (χ0) is 9.14. The average molecular weight is 174 g/mol. The van der Waals surface area contributed by atoms with Crippen molar-refractivity contribution < 1.29 is 14.5 Å². The highest BCUT2D eigenvalue weighted by Crippen LogP contribution is 2.04. The minimum atomic E-state index is -1.09. The van der Waals surface area contributed by atoms with Crippen molar-refractivity contribution in [2.75, 3.05) is 13.1 Å². The lowest BCUT2D eigenvalue weighted by molar-refractivity contribution is -0.579. The summed E-state index contributed by atoms with van der Waals surface area (Å²) in [7, 11) is 0. The number of carbonyl (C=O) groups excluding carboxylic acids is 1. The summed E-state index contributed by atoms with van der Waals surface area (Å²) in [6, 6.07) is 0. The van der Waals surface area contributed by atoms with E-state index in [0.29, 0.717) is 6.54 Å². The van der Waals surface area contributed by atoms with Gasteiger partial charge in [-0.2, -0.15) is 0 Å². The molecule has 0 radical (unpaired) electrons. The predicted octanol–water partition coefficient (Wildman–Crippen LogP) is -0.833. The molecular formula is C6H10N2O4. The van der Waals surface area contributed by atoms with Crippen LogP contribution in [0.15, 0.2) is 0 Å². The van der Waals surface area contributed by atoms with Gasteiger partial charge in [-0.1, -0.05) is 0 Å². The van der Waals surface area contributed by atoms with Crippen LogP contribution in [0.3, 0.4) is 0 Å². The Kier molecular flexibility index (Phi) is 2.72. The summed E-state index contributed by atoms with van der Waals surface area (Å²) >= 11 is 0. The van der Waals surface area contributed by atoms with Gasteiger partial charge in [0.15, 0.2) is 5.78 Å². The Morgan fingerprint density at radius 2 is 2.33 bits per heavy atom. The first-order valence-corrected chi connectivity index (χ1v) is 3.61. The van der Waals surface area contributed by atoms with E-state index in [-0.39, 0.29) is 12.3 Å². The third-order valence-electron chi connectivity index (χ3n) is 1.66. The SMILES string of the molecule is CC(=O)C1CNCC([N+](=O)[O-])O1. The van der Waals surface area contributed by atoms with E-state index < -0.39 is 17.3 Å². The molecule has 0 aromatic carbocycles. The first kappa shape index (κ1) is 9.08. The molecule has 1 N–H and O–H groups in total. The highest BCUT2D eigenvalue weighted by Gasteiger charge is 2.31. The molecule has 0 aromatic rings. The molecule has 1 heterocycles. The third kappa shape index (κ3) is 1.99. The van der Waals surface area contributed by atoms with Gasteiger partial charge < -0.3 is 10.1 Å². The van der Waals surface area contributed by atoms with Crippen molar-refractivity contribution in [3.8, 4) is 0 Å². The maximum Gasteiger partial charge on any atom is 0.328 e. The molecule has 12 heavy (non-hydrogen) atoms. The molecular weight excluding hydrogens is 164 g/mol. The van der Waals surface area contributed by atoms with E-state index in [9.17, 15) is 14.9 Å². The summed E-state index contributed by atoms with van der Waals surface area (Å²) in [6.45, 7) is 1.88. The Morgan fingerprint density at radius 1 is 1.67 bits per heavy atom. The number of ketones is 1. The van der Waals surface area contributed by atoms with E-state index in [1.54, 1.807) is 0 Å². The van der Waals surface area contributed by atoms with Gasteiger partial charge in [0.1, 0.15) is 6.10 Å². The molecule has 6 heteroatoms. The fraction of sp³-hybridized carbons (Fsp3) is 0.833. The van der Waals surface area contributed by atoms with E-state index in [1.807, 2.05) is 0 Å². The van der Waals surface area contributed by atoms with Gasteiger partial charge >= 0.3 is 6.23 Å². The van der Waals surface area contributed by atoms with Gasteiger partial charge in [0.2, 0.25) is 0 Å². The first-order chi connectivity index (χ1) is 5.61. The van der Waals surface area contributed by atoms with E-state index in [0.717, 1.165) is 0 Å². The van der Waals surface area contributed by atoms with Gasteiger partial charge in [-0.15, -0.1) is 0 Å². The largest absolute Gasteiger partial charge is 0.328 e. The Labute approximate surface area is 69.0 Å². The molecule has 0 saturated carbocycles. The summed E-state index contributed by atoms with van der Waals surface area (Å²) < 4.78 is 4.90.